The minimum Gasteiger partial charge on any atom is -0.443 e. The van der Waals surface area contributed by atoms with Crippen LogP contribution in [0.25, 0.3) is 11.1 Å². The van der Waals surface area contributed by atoms with E-state index in [1.54, 1.807) is 6.07 Å². The van der Waals surface area contributed by atoms with Crippen molar-refractivity contribution >= 4 is 40.1 Å². The van der Waals surface area contributed by atoms with Gasteiger partial charge in [-0.05, 0) is 51.8 Å². The first kappa shape index (κ1) is 19.6. The molecule has 4 rings (SSSR count). The molecule has 1 amide bonds. The lowest BCUT2D eigenvalue weighted by atomic mass is 9.96. The number of hydrogen-bond donors (Lipinski definition) is 1. The molecule has 1 aliphatic rings. The number of halogens is 2. The summed E-state index contributed by atoms with van der Waals surface area (Å²) < 4.78 is 19.8. The lowest BCUT2D eigenvalue weighted by Gasteiger charge is -2.33. The third-order valence-corrected chi connectivity index (χ3v) is 5.64. The Labute approximate surface area is 173 Å². The molecule has 8 heteroatoms. The highest BCUT2D eigenvalue weighted by Crippen LogP contribution is 2.33. The average molecular weight is 417 g/mol. The van der Waals surface area contributed by atoms with Gasteiger partial charge in [0.15, 0.2) is 0 Å². The Morgan fingerprint density at radius 1 is 1.31 bits per heavy atom. The van der Waals surface area contributed by atoms with Crippen molar-refractivity contribution in [2.24, 2.45) is 5.92 Å². The molecule has 2 aromatic heterocycles. The van der Waals surface area contributed by atoms with Crippen molar-refractivity contribution in [3.05, 3.63) is 46.2 Å². The number of nitrogens with one attached hydrogen (secondary N) is 1. The minimum atomic E-state index is -0.545. The lowest BCUT2D eigenvalue weighted by molar-refractivity contribution is -0.120. The molecule has 3 aromatic rings. The van der Waals surface area contributed by atoms with Crippen LogP contribution >= 0.6 is 11.6 Å². The molecule has 1 fully saturated rings. The monoisotopic (exact) mass is 416 g/mol. The van der Waals surface area contributed by atoms with Crippen LogP contribution in [0.15, 0.2) is 22.6 Å². The predicted molar refractivity (Wildman–Crippen MR) is 111 cm³/mol. The Morgan fingerprint density at radius 3 is 2.86 bits per heavy atom. The number of benzene rings is 1. The van der Waals surface area contributed by atoms with Crippen LogP contribution in [0.5, 0.6) is 0 Å². The molecule has 0 spiro atoms. The van der Waals surface area contributed by atoms with Crippen LogP contribution in [-0.2, 0) is 4.79 Å². The number of nitrogens with zero attached hydrogens (tertiary/aromatic N) is 3. The summed E-state index contributed by atoms with van der Waals surface area (Å²) in [4.78, 5) is 23.9. The first-order valence-corrected chi connectivity index (χ1v) is 9.96. The van der Waals surface area contributed by atoms with E-state index in [1.165, 1.54) is 12.1 Å². The fourth-order valence-electron chi connectivity index (χ4n) is 3.77. The number of furan rings is 1. The summed E-state index contributed by atoms with van der Waals surface area (Å²) >= 11 is 5.78. The van der Waals surface area contributed by atoms with Gasteiger partial charge in [-0.25, -0.2) is 9.37 Å². The quantitative estimate of drug-likeness (QED) is 0.664. The highest BCUT2D eigenvalue weighted by molar-refractivity contribution is 6.30. The van der Waals surface area contributed by atoms with E-state index in [9.17, 15) is 9.18 Å². The van der Waals surface area contributed by atoms with E-state index in [0.29, 0.717) is 23.1 Å². The van der Waals surface area contributed by atoms with Gasteiger partial charge in [-0.1, -0.05) is 11.6 Å². The van der Waals surface area contributed by atoms with Gasteiger partial charge in [-0.15, -0.1) is 0 Å². The topological polar surface area (TPSA) is 71.3 Å². The highest BCUT2D eigenvalue weighted by atomic mass is 35.5. The molecule has 1 aromatic carbocycles. The van der Waals surface area contributed by atoms with Crippen LogP contribution in [0.4, 0.5) is 15.9 Å². The summed E-state index contributed by atoms with van der Waals surface area (Å²) in [7, 11) is 0. The summed E-state index contributed by atoms with van der Waals surface area (Å²) in [6.45, 7) is 7.00. The number of piperidine rings is 1. The number of carbonyl (C=O) groups excluding carboxylic acids is 1. The molecule has 0 unspecified atom stereocenters. The number of hydrogen-bond acceptors (Lipinski definition) is 5. The summed E-state index contributed by atoms with van der Waals surface area (Å²) in [5.41, 5.74) is 1.71. The van der Waals surface area contributed by atoms with Gasteiger partial charge >= 0.3 is 0 Å². The van der Waals surface area contributed by atoms with E-state index in [2.05, 4.69) is 20.2 Å². The fraction of sp³-hybridized carbons (Fsp3) is 0.381. The predicted octanol–water partition coefficient (Wildman–Crippen LogP) is 4.80. The van der Waals surface area contributed by atoms with Crippen molar-refractivity contribution in [2.45, 2.75) is 33.6 Å². The van der Waals surface area contributed by atoms with E-state index >= 15 is 0 Å². The van der Waals surface area contributed by atoms with Gasteiger partial charge in [0.25, 0.3) is 0 Å². The highest BCUT2D eigenvalue weighted by Gasteiger charge is 2.29. The molecular formula is C21H22ClFN4O2. The second-order valence-electron chi connectivity index (χ2n) is 7.46. The zero-order valence-corrected chi connectivity index (χ0v) is 17.3. The van der Waals surface area contributed by atoms with Gasteiger partial charge in [0.2, 0.25) is 11.6 Å². The van der Waals surface area contributed by atoms with Crippen LogP contribution in [0.1, 0.15) is 30.0 Å². The molecule has 0 saturated carbocycles. The van der Waals surface area contributed by atoms with E-state index < -0.39 is 5.82 Å². The van der Waals surface area contributed by atoms with Crippen molar-refractivity contribution in [2.75, 3.05) is 23.3 Å². The molecule has 1 aliphatic heterocycles. The first-order chi connectivity index (χ1) is 13.8. The lowest BCUT2D eigenvalue weighted by Crippen LogP contribution is -2.41. The minimum absolute atomic E-state index is 0.137. The maximum atomic E-state index is 14.0. The summed E-state index contributed by atoms with van der Waals surface area (Å²) in [6.07, 6.45) is 1.57. The summed E-state index contributed by atoms with van der Waals surface area (Å²) in [5.74, 6) is 1.19. The molecule has 1 N–H and O–H groups in total. The van der Waals surface area contributed by atoms with Crippen molar-refractivity contribution in [3.63, 3.8) is 0 Å². The molecular weight excluding hydrogens is 395 g/mol. The fourth-order valence-corrected chi connectivity index (χ4v) is 3.93. The van der Waals surface area contributed by atoms with Gasteiger partial charge in [-0.2, -0.15) is 4.98 Å². The number of aromatic nitrogens is 2. The molecule has 0 radical (unpaired) electrons. The third kappa shape index (κ3) is 3.79. The SMILES string of the molecule is Cc1nc(N2CCC[C@H](C(=O)Nc3ccc(Cl)cc3F)C2)c2c(C)c(C)oc2n1. The number of aryl methyl sites for hydroxylation is 3. The largest absolute Gasteiger partial charge is 0.443 e. The molecule has 152 valence electrons. The average Bonchev–Trinajstić information content (AvgIpc) is 2.97. The molecule has 29 heavy (non-hydrogen) atoms. The molecule has 6 nitrogen and oxygen atoms in total. The van der Waals surface area contributed by atoms with Crippen LogP contribution in [-0.4, -0.2) is 29.0 Å². The van der Waals surface area contributed by atoms with Crippen LogP contribution < -0.4 is 10.2 Å². The second kappa shape index (κ2) is 7.63. The zero-order chi connectivity index (χ0) is 20.7. The van der Waals surface area contributed by atoms with Gasteiger partial charge in [0.05, 0.1) is 17.0 Å². The maximum Gasteiger partial charge on any atom is 0.231 e. The van der Waals surface area contributed by atoms with Gasteiger partial charge in [-0.3, -0.25) is 4.79 Å². The Bertz CT molecular complexity index is 1100. The molecule has 0 aliphatic carbocycles. The molecule has 1 saturated heterocycles. The van der Waals surface area contributed by atoms with Gasteiger partial charge < -0.3 is 14.6 Å². The number of rotatable bonds is 3. The van der Waals surface area contributed by atoms with E-state index in [1.807, 2.05) is 20.8 Å². The first-order valence-electron chi connectivity index (χ1n) is 9.58. The molecule has 0 bridgehead atoms. The van der Waals surface area contributed by atoms with Crippen LogP contribution in [0.2, 0.25) is 5.02 Å². The van der Waals surface area contributed by atoms with Gasteiger partial charge in [0, 0.05) is 23.7 Å². The van der Waals surface area contributed by atoms with E-state index in [4.69, 9.17) is 16.0 Å². The van der Waals surface area contributed by atoms with E-state index in [-0.39, 0.29) is 17.5 Å². The van der Waals surface area contributed by atoms with Crippen LogP contribution in [0, 0.1) is 32.5 Å². The number of carbonyl (C=O) groups is 1. The van der Waals surface area contributed by atoms with Crippen LogP contribution in [0.3, 0.4) is 0 Å². The van der Waals surface area contributed by atoms with Crippen molar-refractivity contribution in [1.82, 2.24) is 9.97 Å². The zero-order valence-electron chi connectivity index (χ0n) is 16.6. The van der Waals surface area contributed by atoms with Crippen molar-refractivity contribution < 1.29 is 13.6 Å². The van der Waals surface area contributed by atoms with Crippen molar-refractivity contribution in [3.8, 4) is 0 Å². The van der Waals surface area contributed by atoms with Gasteiger partial charge in [0.1, 0.15) is 23.2 Å². The normalized spacial score (nSPS) is 17.0. The Balaban J connectivity index is 1.59. The Morgan fingerprint density at radius 2 is 2.10 bits per heavy atom. The van der Waals surface area contributed by atoms with E-state index in [0.717, 1.165) is 41.9 Å². The third-order valence-electron chi connectivity index (χ3n) is 5.40. The Hall–Kier alpha value is -2.67. The smallest absolute Gasteiger partial charge is 0.231 e. The number of amides is 1. The summed E-state index contributed by atoms with van der Waals surface area (Å²) in [5, 5.41) is 3.87. The molecule has 3 heterocycles. The number of anilines is 2. The standard InChI is InChI=1S/C21H22ClFN4O2/c1-11-12(2)29-21-18(11)19(24-13(3)25-21)27-8-4-5-14(10-27)20(28)26-17-7-6-15(22)9-16(17)23/h6-7,9,14H,4-5,8,10H2,1-3H3,(H,26,28)/t14-/m0/s1. The summed E-state index contributed by atoms with van der Waals surface area (Å²) in [6, 6.07) is 4.22. The maximum absolute atomic E-state index is 14.0. The van der Waals surface area contributed by atoms with Crippen molar-refractivity contribution in [1.29, 1.82) is 0 Å². The molecule has 1 atom stereocenters. The number of fused-ring (bicyclic) bond motifs is 1. The second-order valence-corrected chi connectivity index (χ2v) is 7.89. The Kier molecular flexibility index (Phi) is 5.17.